The maximum Gasteiger partial charge on any atom is 0.379 e. The fourth-order valence-corrected chi connectivity index (χ4v) is 4.16. The first-order chi connectivity index (χ1) is 12.5. The molecular formula is C16H19F4N3O3S. The Labute approximate surface area is 153 Å². The maximum absolute atomic E-state index is 15.1. The molecule has 6 nitrogen and oxygen atoms in total. The predicted molar refractivity (Wildman–Crippen MR) is 88.5 cm³/mol. The van der Waals surface area contributed by atoms with Crippen molar-refractivity contribution in [3.8, 4) is 0 Å². The summed E-state index contributed by atoms with van der Waals surface area (Å²) in [6, 6.07) is 1.54. The first kappa shape index (κ1) is 21.3. The minimum atomic E-state index is -5.17. The Morgan fingerprint density at radius 2 is 1.93 bits per heavy atom. The van der Waals surface area contributed by atoms with Crippen molar-refractivity contribution < 1.29 is 31.1 Å². The van der Waals surface area contributed by atoms with E-state index in [0.717, 1.165) is 17.3 Å². The second-order valence-electron chi connectivity index (χ2n) is 6.12. The van der Waals surface area contributed by atoms with E-state index in [0.29, 0.717) is 31.0 Å². The quantitative estimate of drug-likeness (QED) is 0.508. The van der Waals surface area contributed by atoms with E-state index in [9.17, 15) is 22.3 Å². The molecule has 11 heteroatoms. The number of nitrogens with zero attached hydrogens (tertiary/aromatic N) is 3. The van der Waals surface area contributed by atoms with Gasteiger partial charge in [0.05, 0.1) is 12.3 Å². The van der Waals surface area contributed by atoms with E-state index < -0.39 is 50.2 Å². The fourth-order valence-electron chi connectivity index (χ4n) is 2.64. The first-order valence-electron chi connectivity index (χ1n) is 8.15. The van der Waals surface area contributed by atoms with E-state index in [1.165, 1.54) is 0 Å². The van der Waals surface area contributed by atoms with Gasteiger partial charge in [-0.3, -0.25) is 0 Å². The van der Waals surface area contributed by atoms with Gasteiger partial charge in [-0.05, 0) is 18.6 Å². The van der Waals surface area contributed by atoms with Crippen molar-refractivity contribution in [1.29, 1.82) is 0 Å². The Morgan fingerprint density at radius 3 is 2.48 bits per heavy atom. The van der Waals surface area contributed by atoms with Gasteiger partial charge in [0.2, 0.25) is 9.84 Å². The SMILES string of the molecule is CCCCCS(=O)(=O)C(F)(F)[C@](O)(Cn1cncn1)c1ccc(F)cc1F. The van der Waals surface area contributed by atoms with Crippen LogP contribution in [0.25, 0.3) is 0 Å². The topological polar surface area (TPSA) is 85.1 Å². The molecule has 27 heavy (non-hydrogen) atoms. The van der Waals surface area contributed by atoms with Crippen LogP contribution in [0.5, 0.6) is 0 Å². The minimum absolute atomic E-state index is 0.0419. The highest BCUT2D eigenvalue weighted by Gasteiger charge is 2.63. The molecule has 0 saturated carbocycles. The Kier molecular flexibility index (Phi) is 6.25. The van der Waals surface area contributed by atoms with E-state index in [-0.39, 0.29) is 6.42 Å². The van der Waals surface area contributed by atoms with Gasteiger partial charge < -0.3 is 5.11 Å². The van der Waals surface area contributed by atoms with Crippen LogP contribution in [0.3, 0.4) is 0 Å². The predicted octanol–water partition coefficient (Wildman–Crippen LogP) is 2.64. The van der Waals surface area contributed by atoms with E-state index in [1.807, 2.05) is 0 Å². The molecule has 0 saturated heterocycles. The van der Waals surface area contributed by atoms with Crippen molar-refractivity contribution in [2.75, 3.05) is 5.75 Å². The van der Waals surface area contributed by atoms with Crippen molar-refractivity contribution in [1.82, 2.24) is 14.8 Å². The number of unbranched alkanes of at least 4 members (excludes halogenated alkanes) is 2. The minimum Gasteiger partial charge on any atom is -0.376 e. The van der Waals surface area contributed by atoms with Gasteiger partial charge in [0, 0.05) is 11.6 Å². The molecule has 1 heterocycles. The monoisotopic (exact) mass is 409 g/mol. The van der Waals surface area contributed by atoms with Crippen LogP contribution in [0.2, 0.25) is 0 Å². The van der Waals surface area contributed by atoms with Gasteiger partial charge in [0.15, 0.2) is 5.60 Å². The van der Waals surface area contributed by atoms with Gasteiger partial charge in [-0.15, -0.1) is 0 Å². The standard InChI is InChI=1S/C16H19F4N3O3S/c1-2-3-4-7-27(25,26)16(19,20)15(24,9-23-11-21-10-22-23)13-6-5-12(17)8-14(13)18/h5-6,8,10-11,24H,2-4,7,9H2,1H3/t15-/m0/s1. The number of alkyl halides is 2. The zero-order valence-corrected chi connectivity index (χ0v) is 15.3. The molecule has 2 aromatic rings. The third-order valence-corrected chi connectivity index (χ3v) is 6.07. The van der Waals surface area contributed by atoms with Gasteiger partial charge in [-0.2, -0.15) is 13.9 Å². The van der Waals surface area contributed by atoms with E-state index >= 15 is 8.78 Å². The number of aromatic nitrogens is 3. The Hall–Kier alpha value is -2.01. The average molecular weight is 409 g/mol. The molecule has 0 bridgehead atoms. The van der Waals surface area contributed by atoms with Gasteiger partial charge in [-0.25, -0.2) is 26.9 Å². The molecule has 1 N–H and O–H groups in total. The molecular weight excluding hydrogens is 390 g/mol. The maximum atomic E-state index is 15.1. The van der Waals surface area contributed by atoms with Gasteiger partial charge in [0.25, 0.3) is 0 Å². The number of rotatable bonds is 9. The lowest BCUT2D eigenvalue weighted by Gasteiger charge is -2.35. The van der Waals surface area contributed by atoms with Gasteiger partial charge >= 0.3 is 5.25 Å². The Bertz CT molecular complexity index is 875. The second kappa shape index (κ2) is 7.93. The van der Waals surface area contributed by atoms with Crippen LogP contribution < -0.4 is 0 Å². The second-order valence-corrected chi connectivity index (χ2v) is 8.27. The molecule has 2 rings (SSSR count). The molecule has 0 aliphatic carbocycles. The van der Waals surface area contributed by atoms with Crippen molar-refractivity contribution in [3.05, 3.63) is 48.1 Å². The van der Waals surface area contributed by atoms with Crippen LogP contribution >= 0.6 is 0 Å². The van der Waals surface area contributed by atoms with Crippen molar-refractivity contribution in [2.24, 2.45) is 0 Å². The lowest BCUT2D eigenvalue weighted by molar-refractivity contribution is -0.145. The number of sulfone groups is 1. The summed E-state index contributed by atoms with van der Waals surface area (Å²) < 4.78 is 82.9. The van der Waals surface area contributed by atoms with Crippen LogP contribution in [0.4, 0.5) is 17.6 Å². The number of halogens is 4. The zero-order valence-electron chi connectivity index (χ0n) is 14.4. The number of hydrogen-bond donors (Lipinski definition) is 1. The largest absolute Gasteiger partial charge is 0.379 e. The smallest absolute Gasteiger partial charge is 0.376 e. The van der Waals surface area contributed by atoms with Gasteiger partial charge in [0.1, 0.15) is 24.3 Å². The van der Waals surface area contributed by atoms with Crippen molar-refractivity contribution in [3.63, 3.8) is 0 Å². The summed E-state index contributed by atoms with van der Waals surface area (Å²) in [6.07, 6.45) is 2.89. The molecule has 1 atom stereocenters. The summed E-state index contributed by atoms with van der Waals surface area (Å²) in [5, 5.41) is 9.57. The molecule has 0 unspecified atom stereocenters. The summed E-state index contributed by atoms with van der Waals surface area (Å²) in [4.78, 5) is 3.53. The third-order valence-electron chi connectivity index (χ3n) is 4.12. The van der Waals surface area contributed by atoms with Crippen LogP contribution in [0, 0.1) is 11.6 Å². The van der Waals surface area contributed by atoms with Crippen LogP contribution in [0.15, 0.2) is 30.9 Å². The molecule has 1 aromatic carbocycles. The molecule has 150 valence electrons. The Morgan fingerprint density at radius 1 is 1.22 bits per heavy atom. The highest BCUT2D eigenvalue weighted by atomic mass is 32.2. The number of hydrogen-bond acceptors (Lipinski definition) is 5. The summed E-state index contributed by atoms with van der Waals surface area (Å²) >= 11 is 0. The lowest BCUT2D eigenvalue weighted by atomic mass is 9.93. The van der Waals surface area contributed by atoms with E-state index in [2.05, 4.69) is 10.1 Å². The van der Waals surface area contributed by atoms with Crippen LogP contribution in [-0.2, 0) is 22.0 Å². The molecule has 0 aliphatic heterocycles. The first-order valence-corrected chi connectivity index (χ1v) is 9.81. The molecule has 0 spiro atoms. The Balaban J connectivity index is 2.57. The summed E-state index contributed by atoms with van der Waals surface area (Å²) in [5.41, 5.74) is -4.58. The molecule has 0 fully saturated rings. The highest BCUT2D eigenvalue weighted by Crippen LogP contribution is 2.44. The molecule has 0 amide bonds. The van der Waals surface area contributed by atoms with Crippen LogP contribution in [0.1, 0.15) is 31.7 Å². The van der Waals surface area contributed by atoms with E-state index in [1.54, 1.807) is 6.92 Å². The van der Waals surface area contributed by atoms with Crippen molar-refractivity contribution >= 4 is 9.84 Å². The summed E-state index contributed by atoms with van der Waals surface area (Å²) in [5.74, 6) is -3.45. The van der Waals surface area contributed by atoms with Gasteiger partial charge in [-0.1, -0.05) is 19.8 Å². The number of benzene rings is 1. The fraction of sp³-hybridized carbons (Fsp3) is 0.500. The average Bonchev–Trinajstić information content (AvgIpc) is 3.07. The third kappa shape index (κ3) is 4.13. The zero-order chi connectivity index (χ0) is 20.3. The summed E-state index contributed by atoms with van der Waals surface area (Å²) in [7, 11) is -5.17. The van der Waals surface area contributed by atoms with Crippen LogP contribution in [-0.4, -0.2) is 39.3 Å². The molecule has 1 aromatic heterocycles. The molecule has 0 aliphatic rings. The van der Waals surface area contributed by atoms with Crippen molar-refractivity contribution in [2.45, 2.75) is 43.6 Å². The molecule has 0 radical (unpaired) electrons. The number of aliphatic hydroxyl groups is 1. The summed E-state index contributed by atoms with van der Waals surface area (Å²) in [6.45, 7) is 0.662. The van der Waals surface area contributed by atoms with E-state index in [4.69, 9.17) is 0 Å². The normalized spacial score (nSPS) is 14.9. The highest BCUT2D eigenvalue weighted by molar-refractivity contribution is 7.92. The lowest BCUT2D eigenvalue weighted by Crippen LogP contribution is -2.54.